The molecule has 3 N–H and O–H groups in total. The number of fused-ring (bicyclic) bond motifs is 4. The second kappa shape index (κ2) is 26.3. The van der Waals surface area contributed by atoms with E-state index in [1.807, 2.05) is 28.0 Å². The molecule has 0 saturated heterocycles. The van der Waals surface area contributed by atoms with E-state index < -0.39 is 43.5 Å². The highest BCUT2D eigenvalue weighted by molar-refractivity contribution is 9.10. The Morgan fingerprint density at radius 2 is 0.988 bits per heavy atom. The van der Waals surface area contributed by atoms with Gasteiger partial charge in [-0.2, -0.15) is 26.3 Å². The van der Waals surface area contributed by atoms with Crippen molar-refractivity contribution in [2.75, 3.05) is 37.0 Å². The second-order valence-corrected chi connectivity index (χ2v) is 25.7. The smallest absolute Gasteiger partial charge is 0.416 e. The van der Waals surface area contributed by atoms with Crippen LogP contribution in [0.4, 0.5) is 37.7 Å². The minimum absolute atomic E-state index is 0. The van der Waals surface area contributed by atoms with Gasteiger partial charge >= 0.3 is 12.4 Å². The maximum absolute atomic E-state index is 13.4. The van der Waals surface area contributed by atoms with Gasteiger partial charge in [-0.25, -0.2) is 26.3 Å². The van der Waals surface area contributed by atoms with Crippen LogP contribution in [0.1, 0.15) is 124 Å². The normalized spacial score (nSPS) is 15.7. The number of nitrogens with one attached hydrogen (secondary N) is 2. The number of rotatable bonds is 12. The van der Waals surface area contributed by atoms with E-state index in [2.05, 4.69) is 37.5 Å². The fourth-order valence-electron chi connectivity index (χ4n) is 11.2. The van der Waals surface area contributed by atoms with Crippen molar-refractivity contribution in [3.63, 3.8) is 0 Å². The molecule has 21 heteroatoms. The lowest BCUT2D eigenvalue weighted by atomic mass is 9.81. The van der Waals surface area contributed by atoms with Crippen LogP contribution in [0, 0.1) is 13.8 Å². The number of sulfonamides is 2. The molecule has 4 aliphatic rings. The number of benzene rings is 6. The zero-order valence-electron chi connectivity index (χ0n) is 45.1. The highest BCUT2D eigenvalue weighted by Gasteiger charge is 2.48. The summed E-state index contributed by atoms with van der Waals surface area (Å²) in [5.74, 6) is 0.363. The first-order valence-electron chi connectivity index (χ1n) is 26.5. The third kappa shape index (κ3) is 15.0. The fraction of sp³-hybridized carbons (Fsp3) is 0.387. The van der Waals surface area contributed by atoms with Crippen LogP contribution in [-0.2, 0) is 65.7 Å². The third-order valence-electron chi connectivity index (χ3n) is 15.8. The van der Waals surface area contributed by atoms with Crippen molar-refractivity contribution in [3.8, 4) is 17.2 Å². The molecular weight excluding hydrogens is 1190 g/mol. The van der Waals surface area contributed by atoms with Gasteiger partial charge in [-0.05, 0) is 185 Å². The number of anilines is 2. The average molecular weight is 1260 g/mol. The van der Waals surface area contributed by atoms with Gasteiger partial charge in [-0.15, -0.1) is 0 Å². The second-order valence-electron chi connectivity index (χ2n) is 21.1. The van der Waals surface area contributed by atoms with Crippen LogP contribution < -0.4 is 24.0 Å². The quantitative estimate of drug-likeness (QED) is 0.102. The lowest BCUT2D eigenvalue weighted by Gasteiger charge is -2.25. The van der Waals surface area contributed by atoms with Gasteiger partial charge in [-0.3, -0.25) is 9.59 Å². The number of aryl methyl sites for hydroxylation is 4. The highest BCUT2D eigenvalue weighted by atomic mass is 79.9. The molecular formula is C62H71BrF6N4O8S2. The molecule has 10 rings (SSSR count). The first kappa shape index (κ1) is 65.9. The van der Waals surface area contributed by atoms with E-state index in [0.717, 1.165) is 102 Å². The van der Waals surface area contributed by atoms with Crippen molar-refractivity contribution in [3.05, 3.63) is 170 Å². The van der Waals surface area contributed by atoms with E-state index in [-0.39, 0.29) is 65.2 Å². The van der Waals surface area contributed by atoms with Crippen LogP contribution in [0.2, 0.25) is 0 Å². The van der Waals surface area contributed by atoms with Gasteiger partial charge in [0, 0.05) is 52.6 Å². The third-order valence-corrected chi connectivity index (χ3v) is 19.2. The standard InChI is InChI=1S/C30H31F3N2O4S.C22H25BrN2O3S.C8H7F3O.2CH4/c1-20-5-9-22(30(31,32)33)17-27(20)39-23-10-13-26-25(18-23)29(15-3-4-16-29)19-35(26)28(36)14-8-21-6-11-24(12-7-21)40(37,38)34-2;1-24-29(27,28)18-8-4-16(5-9-18)6-11-21(26)25-15-22(12-2-3-13-22)19-14-17(23)7-10-20(19)25;1-5-2-3-6(4-7(5)12)8(9,10)11;;/h5-7,9-13,17-18,34H,3-4,8,14-16,19H2,1-2H3;4-5,7-10,14,24H,2-3,6,11-13,15H2,1H3;2-4,12H,1H3;2*1H4. The summed E-state index contributed by atoms with van der Waals surface area (Å²) in [4.78, 5) is 30.7. The molecule has 448 valence electrons. The Kier molecular flexibility index (Phi) is 20.9. The molecule has 0 unspecified atom stereocenters. The van der Waals surface area contributed by atoms with Gasteiger partial charge in [0.2, 0.25) is 31.9 Å². The van der Waals surface area contributed by atoms with Crippen molar-refractivity contribution in [1.29, 1.82) is 0 Å². The molecule has 2 spiro atoms. The van der Waals surface area contributed by atoms with E-state index in [1.54, 1.807) is 49.4 Å². The first-order valence-corrected chi connectivity index (χ1v) is 30.3. The van der Waals surface area contributed by atoms with Gasteiger partial charge in [0.1, 0.15) is 17.2 Å². The maximum atomic E-state index is 13.4. The summed E-state index contributed by atoms with van der Waals surface area (Å²) in [6, 6.07) is 31.2. The van der Waals surface area contributed by atoms with Gasteiger partial charge in [0.15, 0.2) is 0 Å². The molecule has 2 fully saturated rings. The molecule has 0 atom stereocenters. The summed E-state index contributed by atoms with van der Waals surface area (Å²) in [5, 5.41) is 8.96. The van der Waals surface area contributed by atoms with Crippen molar-refractivity contribution in [2.24, 2.45) is 0 Å². The minimum atomic E-state index is -4.47. The molecule has 6 aromatic carbocycles. The number of nitrogens with zero attached hydrogens (tertiary/aromatic N) is 2. The van der Waals surface area contributed by atoms with Gasteiger partial charge in [0.25, 0.3) is 0 Å². The zero-order valence-corrected chi connectivity index (χ0v) is 48.3. The van der Waals surface area contributed by atoms with E-state index in [1.165, 1.54) is 63.7 Å². The average Bonchev–Trinajstić information content (AvgIpc) is 3.44. The van der Waals surface area contributed by atoms with Crippen molar-refractivity contribution in [2.45, 2.75) is 139 Å². The number of aromatic hydroxyl groups is 1. The van der Waals surface area contributed by atoms with Crippen LogP contribution in [0.3, 0.4) is 0 Å². The molecule has 2 aliphatic heterocycles. The Morgan fingerprint density at radius 1 is 0.578 bits per heavy atom. The number of ether oxygens (including phenoxy) is 1. The number of carbonyl (C=O) groups is 2. The van der Waals surface area contributed by atoms with E-state index in [9.17, 15) is 52.8 Å². The van der Waals surface area contributed by atoms with Crippen molar-refractivity contribution < 1.29 is 62.6 Å². The van der Waals surface area contributed by atoms with Gasteiger partial charge in [-0.1, -0.05) is 92.9 Å². The molecule has 2 amide bonds. The molecule has 12 nitrogen and oxygen atoms in total. The largest absolute Gasteiger partial charge is 0.508 e. The number of hydrogen-bond donors (Lipinski definition) is 3. The molecule has 2 heterocycles. The van der Waals surface area contributed by atoms with E-state index in [4.69, 9.17) is 9.84 Å². The summed E-state index contributed by atoms with van der Waals surface area (Å²) < 4.78 is 135. The predicted octanol–water partition coefficient (Wildman–Crippen LogP) is 14.6. The molecule has 0 bridgehead atoms. The number of alkyl halides is 6. The number of amides is 2. The number of carbonyl (C=O) groups excluding carboxylic acids is 2. The Bertz CT molecular complexity index is 3510. The number of hydrogen-bond acceptors (Lipinski definition) is 8. The topological polar surface area (TPSA) is 162 Å². The molecule has 6 aromatic rings. The van der Waals surface area contributed by atoms with Crippen LogP contribution in [-0.4, -0.2) is 60.9 Å². The van der Waals surface area contributed by atoms with Gasteiger partial charge in [0.05, 0.1) is 20.9 Å². The van der Waals surface area contributed by atoms with Crippen LogP contribution in [0.15, 0.2) is 136 Å². The summed E-state index contributed by atoms with van der Waals surface area (Å²) in [6.07, 6.45) is 1.53. The lowest BCUT2D eigenvalue weighted by Crippen LogP contribution is -2.35. The lowest BCUT2D eigenvalue weighted by molar-refractivity contribution is -0.138. The Hall–Kier alpha value is -6.26. The van der Waals surface area contributed by atoms with E-state index >= 15 is 0 Å². The summed E-state index contributed by atoms with van der Waals surface area (Å²) in [7, 11) is -4.21. The van der Waals surface area contributed by atoms with Crippen LogP contribution in [0.5, 0.6) is 17.2 Å². The SMILES string of the molecule is C.C.CNS(=O)(=O)c1ccc(CCC(=O)N2CC3(CCCC3)c3cc(Br)ccc32)cc1.CNS(=O)(=O)c1ccc(CCC(=O)N2CC3(CCCC3)c3cc(Oc4cc(C(F)(F)F)ccc4C)ccc32)cc1.Cc1ccc(C(F)(F)F)cc1O. The van der Waals surface area contributed by atoms with Crippen molar-refractivity contribution >= 4 is 59.2 Å². The monoisotopic (exact) mass is 1260 g/mol. The number of phenolic OH excluding ortho intramolecular Hbond substituents is 1. The molecule has 0 radical (unpaired) electrons. The summed E-state index contributed by atoms with van der Waals surface area (Å²) in [5.41, 5.74) is 5.34. The number of phenols is 1. The Balaban J connectivity index is 0.000000224. The predicted molar refractivity (Wildman–Crippen MR) is 315 cm³/mol. The highest BCUT2D eigenvalue weighted by Crippen LogP contribution is 2.53. The molecule has 2 aliphatic carbocycles. The Labute approximate surface area is 491 Å². The number of halogens is 7. The minimum Gasteiger partial charge on any atom is -0.508 e. The molecule has 0 aromatic heterocycles. The zero-order chi connectivity index (χ0) is 58.7. The molecule has 83 heavy (non-hydrogen) atoms. The summed E-state index contributed by atoms with van der Waals surface area (Å²) in [6.45, 7) is 4.58. The van der Waals surface area contributed by atoms with Crippen molar-refractivity contribution in [1.82, 2.24) is 9.44 Å². The van der Waals surface area contributed by atoms with Gasteiger partial charge < -0.3 is 19.6 Å². The maximum Gasteiger partial charge on any atom is 0.416 e. The van der Waals surface area contributed by atoms with Crippen LogP contribution in [0.25, 0.3) is 0 Å². The van der Waals surface area contributed by atoms with Crippen LogP contribution >= 0.6 is 15.9 Å². The summed E-state index contributed by atoms with van der Waals surface area (Å²) >= 11 is 3.59. The van der Waals surface area contributed by atoms with E-state index in [0.29, 0.717) is 42.7 Å². The molecule has 2 saturated carbocycles. The first-order chi connectivity index (χ1) is 38.2. The fourth-order valence-corrected chi connectivity index (χ4v) is 13.1. The Morgan fingerprint density at radius 3 is 1.41 bits per heavy atom.